The molecular weight excluding hydrogens is 447 g/mol. The summed E-state index contributed by atoms with van der Waals surface area (Å²) < 4.78 is 11.7. The second kappa shape index (κ2) is 12.7. The Kier molecular flexibility index (Phi) is 11.5. The second-order valence-corrected chi connectivity index (χ2v) is 6.77. The fourth-order valence-electron chi connectivity index (χ4n) is 3.13. The van der Waals surface area contributed by atoms with Crippen LogP contribution in [0.3, 0.4) is 0 Å². The van der Waals surface area contributed by atoms with E-state index in [9.17, 15) is 4.79 Å². The molecule has 2 aliphatic heterocycles. The predicted molar refractivity (Wildman–Crippen MR) is 114 cm³/mol. The Hall–Kier alpha value is -0.610. The number of rotatable bonds is 7. The maximum Gasteiger partial charge on any atom is 0.222 e. The monoisotopic (exact) mass is 482 g/mol. The summed E-state index contributed by atoms with van der Waals surface area (Å²) in [5.41, 5.74) is 0. The summed E-state index contributed by atoms with van der Waals surface area (Å²) in [6.07, 6.45) is 3.85. The van der Waals surface area contributed by atoms with Gasteiger partial charge < -0.3 is 25.0 Å². The van der Waals surface area contributed by atoms with Crippen molar-refractivity contribution in [3.8, 4) is 0 Å². The quantitative estimate of drug-likeness (QED) is 0.329. The van der Waals surface area contributed by atoms with Gasteiger partial charge >= 0.3 is 0 Å². The van der Waals surface area contributed by atoms with Crippen LogP contribution >= 0.6 is 24.0 Å². The SMILES string of the molecule is CCNC(=NCCC(=O)NC(C)CC)N1CCOC(C2CCCO2)C1.I. The van der Waals surface area contributed by atoms with Gasteiger partial charge in [0.15, 0.2) is 5.96 Å². The van der Waals surface area contributed by atoms with Crippen molar-refractivity contribution >= 4 is 35.8 Å². The fraction of sp³-hybridized carbons (Fsp3) is 0.889. The molecular formula is C18H35IN4O3. The highest BCUT2D eigenvalue weighted by atomic mass is 127. The average Bonchev–Trinajstić information content (AvgIpc) is 3.15. The molecule has 2 heterocycles. The van der Waals surface area contributed by atoms with E-state index < -0.39 is 0 Å². The number of nitrogens with zero attached hydrogens (tertiary/aromatic N) is 2. The van der Waals surface area contributed by atoms with Crippen LogP contribution in [0.15, 0.2) is 4.99 Å². The van der Waals surface area contributed by atoms with Crippen molar-refractivity contribution in [1.82, 2.24) is 15.5 Å². The molecule has 0 aromatic heterocycles. The van der Waals surface area contributed by atoms with Crippen molar-refractivity contribution in [2.45, 2.75) is 64.7 Å². The van der Waals surface area contributed by atoms with Crippen LogP contribution in [0.5, 0.6) is 0 Å². The standard InChI is InChI=1S/C18H34N4O3.HI/c1-4-14(3)21-17(23)8-9-20-18(19-5-2)22-10-12-25-16(13-22)15-7-6-11-24-15;/h14-16H,4-13H2,1-3H3,(H,19,20)(H,21,23);1H. The van der Waals surface area contributed by atoms with Crippen molar-refractivity contribution < 1.29 is 14.3 Å². The summed E-state index contributed by atoms with van der Waals surface area (Å²) in [6, 6.07) is 0.219. The average molecular weight is 482 g/mol. The van der Waals surface area contributed by atoms with Gasteiger partial charge in [0.2, 0.25) is 5.91 Å². The van der Waals surface area contributed by atoms with Gasteiger partial charge in [0.05, 0.1) is 19.3 Å². The number of aliphatic imine (C=N–C) groups is 1. The lowest BCUT2D eigenvalue weighted by Crippen LogP contribution is -2.53. The van der Waals surface area contributed by atoms with Crippen molar-refractivity contribution in [3.63, 3.8) is 0 Å². The first kappa shape index (κ1) is 23.4. The van der Waals surface area contributed by atoms with E-state index in [1.54, 1.807) is 0 Å². The minimum Gasteiger partial charge on any atom is -0.375 e. The molecule has 1 amide bonds. The zero-order chi connectivity index (χ0) is 18.1. The van der Waals surface area contributed by atoms with Gasteiger partial charge in [-0.05, 0) is 33.1 Å². The molecule has 8 heteroatoms. The molecule has 2 aliphatic rings. The van der Waals surface area contributed by atoms with Crippen LogP contribution in [-0.4, -0.2) is 74.4 Å². The van der Waals surface area contributed by atoms with E-state index in [2.05, 4.69) is 34.4 Å². The van der Waals surface area contributed by atoms with E-state index in [1.165, 1.54) is 0 Å². The number of ether oxygens (including phenoxy) is 2. The predicted octanol–water partition coefficient (Wildman–Crippen LogP) is 1.75. The molecule has 2 fully saturated rings. The van der Waals surface area contributed by atoms with E-state index >= 15 is 0 Å². The highest BCUT2D eigenvalue weighted by molar-refractivity contribution is 14.0. The van der Waals surface area contributed by atoms with Crippen LogP contribution in [0, 0.1) is 0 Å². The summed E-state index contributed by atoms with van der Waals surface area (Å²) in [4.78, 5) is 18.8. The number of amides is 1. The third-order valence-corrected chi connectivity index (χ3v) is 4.73. The van der Waals surface area contributed by atoms with Crippen LogP contribution in [-0.2, 0) is 14.3 Å². The molecule has 0 saturated carbocycles. The smallest absolute Gasteiger partial charge is 0.222 e. The molecule has 0 spiro atoms. The summed E-state index contributed by atoms with van der Waals surface area (Å²) in [5, 5.41) is 6.32. The van der Waals surface area contributed by atoms with Gasteiger partial charge in [-0.15, -0.1) is 24.0 Å². The molecule has 3 unspecified atom stereocenters. The largest absolute Gasteiger partial charge is 0.375 e. The number of guanidine groups is 1. The highest BCUT2D eigenvalue weighted by Crippen LogP contribution is 2.21. The van der Waals surface area contributed by atoms with E-state index in [0.717, 1.165) is 51.5 Å². The molecule has 26 heavy (non-hydrogen) atoms. The number of nitrogens with one attached hydrogen (secondary N) is 2. The molecule has 2 N–H and O–H groups in total. The van der Waals surface area contributed by atoms with E-state index in [4.69, 9.17) is 9.47 Å². The third kappa shape index (κ3) is 7.56. The van der Waals surface area contributed by atoms with Gasteiger partial charge in [-0.3, -0.25) is 9.79 Å². The summed E-state index contributed by atoms with van der Waals surface area (Å²) in [6.45, 7) is 10.6. The number of hydrogen-bond donors (Lipinski definition) is 2. The zero-order valence-electron chi connectivity index (χ0n) is 16.3. The summed E-state index contributed by atoms with van der Waals surface area (Å²) in [7, 11) is 0. The maximum atomic E-state index is 11.9. The molecule has 2 rings (SSSR count). The Morgan fingerprint density at radius 1 is 1.27 bits per heavy atom. The van der Waals surface area contributed by atoms with Gasteiger partial charge in [0.1, 0.15) is 6.10 Å². The Morgan fingerprint density at radius 2 is 2.04 bits per heavy atom. The topological polar surface area (TPSA) is 75.2 Å². The molecule has 0 aliphatic carbocycles. The molecule has 3 atom stereocenters. The van der Waals surface area contributed by atoms with Crippen LogP contribution in [0.4, 0.5) is 0 Å². The molecule has 2 saturated heterocycles. The number of hydrogen-bond acceptors (Lipinski definition) is 4. The third-order valence-electron chi connectivity index (χ3n) is 4.73. The lowest BCUT2D eigenvalue weighted by Gasteiger charge is -2.37. The van der Waals surface area contributed by atoms with Gasteiger partial charge in [0, 0.05) is 38.7 Å². The van der Waals surface area contributed by atoms with Crippen LogP contribution in [0.2, 0.25) is 0 Å². The number of halogens is 1. The molecule has 0 aromatic rings. The lowest BCUT2D eigenvalue weighted by molar-refractivity contribution is -0.121. The summed E-state index contributed by atoms with van der Waals surface area (Å²) in [5.74, 6) is 0.929. The Balaban J connectivity index is 0.00000338. The Morgan fingerprint density at radius 3 is 2.69 bits per heavy atom. The maximum absolute atomic E-state index is 11.9. The second-order valence-electron chi connectivity index (χ2n) is 6.77. The normalized spacial score (nSPS) is 24.7. The lowest BCUT2D eigenvalue weighted by atomic mass is 10.1. The number of carbonyl (C=O) groups excluding carboxylic acids is 1. The number of carbonyl (C=O) groups is 1. The Labute approximate surface area is 174 Å². The molecule has 152 valence electrons. The van der Waals surface area contributed by atoms with Crippen molar-refractivity contribution in [2.75, 3.05) is 39.4 Å². The minimum atomic E-state index is 0. The minimum absolute atomic E-state index is 0. The van der Waals surface area contributed by atoms with E-state index in [0.29, 0.717) is 19.6 Å². The zero-order valence-corrected chi connectivity index (χ0v) is 18.7. The van der Waals surface area contributed by atoms with Crippen LogP contribution in [0.1, 0.15) is 46.5 Å². The molecule has 0 radical (unpaired) electrons. The summed E-state index contributed by atoms with van der Waals surface area (Å²) >= 11 is 0. The van der Waals surface area contributed by atoms with Gasteiger partial charge in [-0.25, -0.2) is 0 Å². The first-order valence-corrected chi connectivity index (χ1v) is 9.69. The Bertz CT molecular complexity index is 444. The fourth-order valence-corrected chi connectivity index (χ4v) is 3.13. The molecule has 0 bridgehead atoms. The van der Waals surface area contributed by atoms with Gasteiger partial charge in [0.25, 0.3) is 0 Å². The van der Waals surface area contributed by atoms with Gasteiger partial charge in [-0.2, -0.15) is 0 Å². The van der Waals surface area contributed by atoms with Crippen molar-refractivity contribution in [2.24, 2.45) is 4.99 Å². The van der Waals surface area contributed by atoms with E-state index in [1.807, 2.05) is 6.92 Å². The van der Waals surface area contributed by atoms with Gasteiger partial charge in [-0.1, -0.05) is 6.92 Å². The van der Waals surface area contributed by atoms with Crippen LogP contribution < -0.4 is 10.6 Å². The van der Waals surface area contributed by atoms with Crippen LogP contribution in [0.25, 0.3) is 0 Å². The molecule has 7 nitrogen and oxygen atoms in total. The first-order valence-electron chi connectivity index (χ1n) is 9.69. The number of morpholine rings is 1. The molecule has 0 aromatic carbocycles. The highest BCUT2D eigenvalue weighted by Gasteiger charge is 2.32. The van der Waals surface area contributed by atoms with Crippen molar-refractivity contribution in [3.05, 3.63) is 0 Å². The first-order chi connectivity index (χ1) is 12.1. The van der Waals surface area contributed by atoms with E-state index in [-0.39, 0.29) is 48.1 Å². The van der Waals surface area contributed by atoms with Crippen molar-refractivity contribution in [1.29, 1.82) is 0 Å².